The highest BCUT2D eigenvalue weighted by Gasteiger charge is 2.37. The van der Waals surface area contributed by atoms with Crippen molar-refractivity contribution >= 4 is 41.2 Å². The fourth-order valence-corrected chi connectivity index (χ4v) is 3.14. The number of benzene rings is 2. The number of carbonyl (C=O) groups excluding carboxylic acids is 3. The van der Waals surface area contributed by atoms with Crippen molar-refractivity contribution in [2.75, 3.05) is 18.6 Å². The zero-order valence-corrected chi connectivity index (χ0v) is 17.6. The maximum absolute atomic E-state index is 13.1. The van der Waals surface area contributed by atoms with Crippen molar-refractivity contribution in [2.45, 2.75) is 20.3 Å². The van der Waals surface area contributed by atoms with Gasteiger partial charge >= 0.3 is 6.03 Å². The summed E-state index contributed by atoms with van der Waals surface area (Å²) in [6, 6.07) is 9.09. The lowest BCUT2D eigenvalue weighted by Gasteiger charge is -2.27. The standard InChI is InChI=1S/C22H21ClN2O5/c1-4-9-30-18-8-6-14(11-19(18)29-3)10-16-20(26)24-22(28)25(21(16)27)17-12-15(23)7-5-13(17)2/h5-8,10-12H,4,9H2,1-3H3,(H,24,26,28)/b16-10+. The number of hydrogen-bond donors (Lipinski definition) is 1. The van der Waals surface area contributed by atoms with Crippen LogP contribution in [0.15, 0.2) is 42.0 Å². The molecule has 0 aliphatic carbocycles. The van der Waals surface area contributed by atoms with Gasteiger partial charge in [0.1, 0.15) is 5.57 Å². The van der Waals surface area contributed by atoms with Gasteiger partial charge in [-0.2, -0.15) is 0 Å². The molecule has 1 fully saturated rings. The van der Waals surface area contributed by atoms with Crippen LogP contribution in [0.5, 0.6) is 11.5 Å². The van der Waals surface area contributed by atoms with Crippen LogP contribution in [0.3, 0.4) is 0 Å². The number of methoxy groups -OCH3 is 1. The molecule has 0 atom stereocenters. The van der Waals surface area contributed by atoms with E-state index in [1.807, 2.05) is 6.92 Å². The van der Waals surface area contributed by atoms with Crippen molar-refractivity contribution in [3.05, 3.63) is 58.1 Å². The van der Waals surface area contributed by atoms with Crippen molar-refractivity contribution < 1.29 is 23.9 Å². The van der Waals surface area contributed by atoms with Crippen LogP contribution in [0.1, 0.15) is 24.5 Å². The van der Waals surface area contributed by atoms with Crippen molar-refractivity contribution in [1.82, 2.24) is 5.32 Å². The Morgan fingerprint density at radius 2 is 1.87 bits per heavy atom. The quantitative estimate of drug-likeness (QED) is 0.552. The predicted molar refractivity (Wildman–Crippen MR) is 114 cm³/mol. The number of anilines is 1. The molecular formula is C22H21ClN2O5. The number of hydrogen-bond acceptors (Lipinski definition) is 5. The van der Waals surface area contributed by atoms with Crippen LogP contribution in [0, 0.1) is 6.92 Å². The van der Waals surface area contributed by atoms with Crippen molar-refractivity contribution in [3.63, 3.8) is 0 Å². The fourth-order valence-electron chi connectivity index (χ4n) is 2.97. The number of barbiturate groups is 1. The lowest BCUT2D eigenvalue weighted by molar-refractivity contribution is -0.122. The zero-order valence-electron chi connectivity index (χ0n) is 16.8. The fraction of sp³-hybridized carbons (Fsp3) is 0.227. The smallest absolute Gasteiger partial charge is 0.335 e. The molecule has 2 aromatic rings. The molecule has 0 aromatic heterocycles. The van der Waals surface area contributed by atoms with Crippen LogP contribution >= 0.6 is 11.6 Å². The summed E-state index contributed by atoms with van der Waals surface area (Å²) in [5, 5.41) is 2.57. The van der Waals surface area contributed by atoms with Gasteiger partial charge in [-0.15, -0.1) is 0 Å². The van der Waals surface area contributed by atoms with Crippen LogP contribution in [0.2, 0.25) is 5.02 Å². The summed E-state index contributed by atoms with van der Waals surface area (Å²) in [5.41, 5.74) is 1.34. The van der Waals surface area contributed by atoms with Crippen LogP contribution in [0.25, 0.3) is 6.08 Å². The molecule has 1 saturated heterocycles. The van der Waals surface area contributed by atoms with Gasteiger partial charge in [-0.1, -0.05) is 30.7 Å². The largest absolute Gasteiger partial charge is 0.493 e. The molecule has 156 valence electrons. The number of nitrogens with zero attached hydrogens (tertiary/aromatic N) is 1. The Morgan fingerprint density at radius 1 is 1.10 bits per heavy atom. The maximum atomic E-state index is 13.1. The van der Waals surface area contributed by atoms with Gasteiger partial charge in [-0.3, -0.25) is 14.9 Å². The Labute approximate surface area is 179 Å². The predicted octanol–water partition coefficient (Wildman–Crippen LogP) is 4.11. The molecule has 30 heavy (non-hydrogen) atoms. The lowest BCUT2D eigenvalue weighted by Crippen LogP contribution is -2.54. The second-order valence-corrected chi connectivity index (χ2v) is 7.08. The van der Waals surface area contributed by atoms with Crippen LogP contribution in [-0.4, -0.2) is 31.6 Å². The van der Waals surface area contributed by atoms with E-state index in [1.54, 1.807) is 37.3 Å². The van der Waals surface area contributed by atoms with Gasteiger partial charge in [0.15, 0.2) is 11.5 Å². The molecule has 8 heteroatoms. The number of nitrogens with one attached hydrogen (secondary N) is 1. The van der Waals surface area contributed by atoms with E-state index < -0.39 is 17.8 Å². The Kier molecular flexibility index (Phi) is 6.42. The summed E-state index contributed by atoms with van der Waals surface area (Å²) >= 11 is 6.03. The highest BCUT2D eigenvalue weighted by Crippen LogP contribution is 2.31. The molecule has 0 bridgehead atoms. The van der Waals surface area contributed by atoms with Gasteiger partial charge in [0, 0.05) is 5.02 Å². The third kappa shape index (κ3) is 4.31. The normalized spacial score (nSPS) is 15.4. The number of urea groups is 1. The first-order valence-corrected chi connectivity index (χ1v) is 9.72. The maximum Gasteiger partial charge on any atom is 0.335 e. The Balaban J connectivity index is 1.99. The van der Waals surface area contributed by atoms with Gasteiger partial charge in [-0.05, 0) is 54.8 Å². The molecular weight excluding hydrogens is 408 g/mol. The summed E-state index contributed by atoms with van der Waals surface area (Å²) in [5.74, 6) is -0.474. The zero-order chi connectivity index (χ0) is 21.8. The topological polar surface area (TPSA) is 84.9 Å². The molecule has 2 aromatic carbocycles. The van der Waals surface area contributed by atoms with E-state index in [9.17, 15) is 14.4 Å². The number of aryl methyl sites for hydroxylation is 1. The highest BCUT2D eigenvalue weighted by molar-refractivity contribution is 6.39. The van der Waals surface area contributed by atoms with Gasteiger partial charge in [-0.25, -0.2) is 9.69 Å². The summed E-state index contributed by atoms with van der Waals surface area (Å²) in [4.78, 5) is 38.7. The minimum atomic E-state index is -0.826. The Hall–Kier alpha value is -3.32. The molecule has 7 nitrogen and oxygen atoms in total. The van der Waals surface area contributed by atoms with E-state index >= 15 is 0 Å². The summed E-state index contributed by atoms with van der Waals surface area (Å²) in [6.07, 6.45) is 2.25. The summed E-state index contributed by atoms with van der Waals surface area (Å²) in [6.45, 7) is 4.27. The van der Waals surface area contributed by atoms with E-state index in [4.69, 9.17) is 21.1 Å². The van der Waals surface area contributed by atoms with Crippen molar-refractivity contribution in [1.29, 1.82) is 0 Å². The van der Waals surface area contributed by atoms with Gasteiger partial charge < -0.3 is 9.47 Å². The first kappa shape index (κ1) is 21.4. The SMILES string of the molecule is CCCOc1ccc(/C=C2\C(=O)NC(=O)N(c3cc(Cl)ccc3C)C2=O)cc1OC. The molecule has 0 spiro atoms. The van der Waals surface area contributed by atoms with Crippen LogP contribution in [0.4, 0.5) is 10.5 Å². The van der Waals surface area contributed by atoms with E-state index in [0.717, 1.165) is 11.3 Å². The summed E-state index contributed by atoms with van der Waals surface area (Å²) in [7, 11) is 1.51. The van der Waals surface area contributed by atoms with Crippen molar-refractivity contribution in [2.24, 2.45) is 0 Å². The average Bonchev–Trinajstić information content (AvgIpc) is 2.72. The number of rotatable bonds is 6. The number of ether oxygens (including phenoxy) is 2. The molecule has 4 amide bonds. The van der Waals surface area contributed by atoms with E-state index in [-0.39, 0.29) is 5.57 Å². The van der Waals surface area contributed by atoms with Crippen LogP contribution < -0.4 is 19.7 Å². The highest BCUT2D eigenvalue weighted by atomic mass is 35.5. The molecule has 1 N–H and O–H groups in total. The minimum absolute atomic E-state index is 0.182. The first-order chi connectivity index (χ1) is 14.3. The Bertz CT molecular complexity index is 1050. The second kappa shape index (κ2) is 9.00. The molecule has 0 radical (unpaired) electrons. The van der Waals surface area contributed by atoms with Gasteiger partial charge in [0.25, 0.3) is 11.8 Å². The lowest BCUT2D eigenvalue weighted by atomic mass is 10.1. The van der Waals surface area contributed by atoms with Crippen LogP contribution in [-0.2, 0) is 9.59 Å². The molecule has 0 saturated carbocycles. The third-order valence-electron chi connectivity index (χ3n) is 4.47. The van der Waals surface area contributed by atoms with E-state index in [1.165, 1.54) is 19.3 Å². The van der Waals surface area contributed by atoms with E-state index in [2.05, 4.69) is 5.32 Å². The summed E-state index contributed by atoms with van der Waals surface area (Å²) < 4.78 is 11.0. The third-order valence-corrected chi connectivity index (χ3v) is 4.71. The number of imide groups is 2. The van der Waals surface area contributed by atoms with Gasteiger partial charge in [0.05, 0.1) is 19.4 Å². The monoisotopic (exact) mass is 428 g/mol. The first-order valence-electron chi connectivity index (χ1n) is 9.34. The van der Waals surface area contributed by atoms with Crippen molar-refractivity contribution in [3.8, 4) is 11.5 Å². The Morgan fingerprint density at radius 3 is 2.57 bits per heavy atom. The number of carbonyl (C=O) groups is 3. The molecule has 1 aliphatic rings. The number of amides is 4. The molecule has 0 unspecified atom stereocenters. The molecule has 3 rings (SSSR count). The average molecular weight is 429 g/mol. The van der Waals surface area contributed by atoms with E-state index in [0.29, 0.717) is 39.9 Å². The number of halogens is 1. The van der Waals surface area contributed by atoms with Gasteiger partial charge in [0.2, 0.25) is 0 Å². The minimum Gasteiger partial charge on any atom is -0.493 e. The molecule has 1 heterocycles. The molecule has 1 aliphatic heterocycles. The second-order valence-electron chi connectivity index (χ2n) is 6.65.